The van der Waals surface area contributed by atoms with Crippen molar-refractivity contribution in [2.24, 2.45) is 0 Å². The number of carboxylic acid groups (broad SMARTS) is 1. The van der Waals surface area contributed by atoms with E-state index in [0.29, 0.717) is 4.31 Å². The van der Waals surface area contributed by atoms with Crippen LogP contribution in [0.25, 0.3) is 0 Å². The van der Waals surface area contributed by atoms with Gasteiger partial charge in [0.2, 0.25) is 10.0 Å². The highest BCUT2D eigenvalue weighted by molar-refractivity contribution is 7.92. The first-order chi connectivity index (χ1) is 7.75. The maximum atomic E-state index is 13.5. The Morgan fingerprint density at radius 2 is 1.94 bits per heavy atom. The van der Waals surface area contributed by atoms with Crippen molar-refractivity contribution >= 4 is 21.7 Å². The second kappa shape index (κ2) is 4.70. The SMILES string of the molecule is C[C@H](C(=O)O)N(c1ccccc1F)S(C)(=O)=O. The second-order valence-electron chi connectivity index (χ2n) is 3.52. The van der Waals surface area contributed by atoms with Crippen LogP contribution in [0, 0.1) is 5.82 Å². The van der Waals surface area contributed by atoms with Gasteiger partial charge in [-0.2, -0.15) is 0 Å². The van der Waals surface area contributed by atoms with E-state index < -0.39 is 27.9 Å². The van der Waals surface area contributed by atoms with Crippen LogP contribution in [-0.4, -0.2) is 31.8 Å². The first-order valence-corrected chi connectivity index (χ1v) is 6.56. The number of hydrogen-bond donors (Lipinski definition) is 1. The smallest absolute Gasteiger partial charge is 0.327 e. The van der Waals surface area contributed by atoms with Gasteiger partial charge in [0.15, 0.2) is 0 Å². The predicted molar refractivity (Wildman–Crippen MR) is 60.8 cm³/mol. The van der Waals surface area contributed by atoms with Gasteiger partial charge in [0.05, 0.1) is 11.9 Å². The van der Waals surface area contributed by atoms with Gasteiger partial charge in [-0.25, -0.2) is 17.6 Å². The molecular formula is C10H12FNO4S. The Morgan fingerprint density at radius 3 is 2.35 bits per heavy atom. The minimum absolute atomic E-state index is 0.273. The molecule has 1 aromatic carbocycles. The number of sulfonamides is 1. The fourth-order valence-corrected chi connectivity index (χ4v) is 2.58. The lowest BCUT2D eigenvalue weighted by Crippen LogP contribution is -2.43. The third-order valence-electron chi connectivity index (χ3n) is 2.16. The van der Waals surface area contributed by atoms with Crippen molar-refractivity contribution in [3.63, 3.8) is 0 Å². The van der Waals surface area contributed by atoms with Crippen molar-refractivity contribution in [1.82, 2.24) is 0 Å². The number of hydrogen-bond acceptors (Lipinski definition) is 3. The molecule has 0 spiro atoms. The Labute approximate surface area is 98.5 Å². The summed E-state index contributed by atoms with van der Waals surface area (Å²) in [6, 6.07) is 3.75. The summed E-state index contributed by atoms with van der Waals surface area (Å²) in [5.41, 5.74) is -0.273. The molecule has 1 aromatic rings. The molecule has 0 amide bonds. The quantitative estimate of drug-likeness (QED) is 0.879. The molecule has 5 nitrogen and oxygen atoms in total. The van der Waals surface area contributed by atoms with Crippen LogP contribution in [0.5, 0.6) is 0 Å². The second-order valence-corrected chi connectivity index (χ2v) is 5.38. The third-order valence-corrected chi connectivity index (χ3v) is 3.38. The van der Waals surface area contributed by atoms with Gasteiger partial charge in [-0.1, -0.05) is 12.1 Å². The summed E-state index contributed by atoms with van der Waals surface area (Å²) in [5, 5.41) is 8.84. The largest absolute Gasteiger partial charge is 0.480 e. The Balaban J connectivity index is 3.36. The van der Waals surface area contributed by atoms with E-state index in [0.717, 1.165) is 12.3 Å². The monoisotopic (exact) mass is 261 g/mol. The Kier molecular flexibility index (Phi) is 3.72. The number of rotatable bonds is 4. The molecule has 0 aliphatic rings. The third kappa shape index (κ3) is 2.94. The van der Waals surface area contributed by atoms with Crippen LogP contribution in [-0.2, 0) is 14.8 Å². The van der Waals surface area contributed by atoms with Crippen LogP contribution in [0.4, 0.5) is 10.1 Å². The molecule has 0 fully saturated rings. The summed E-state index contributed by atoms with van der Waals surface area (Å²) in [5.74, 6) is -2.13. The Bertz CT molecular complexity index is 529. The standard InChI is InChI=1S/C10H12FNO4S/c1-7(10(13)14)12(17(2,15)16)9-6-4-3-5-8(9)11/h3-7H,1-2H3,(H,13,14)/t7-/m1/s1. The molecular weight excluding hydrogens is 249 g/mol. The van der Waals surface area contributed by atoms with Crippen molar-refractivity contribution in [1.29, 1.82) is 0 Å². The van der Waals surface area contributed by atoms with Crippen molar-refractivity contribution in [2.75, 3.05) is 10.6 Å². The van der Waals surface area contributed by atoms with Gasteiger partial charge >= 0.3 is 5.97 Å². The first-order valence-electron chi connectivity index (χ1n) is 4.72. The predicted octanol–water partition coefficient (Wildman–Crippen LogP) is 1.06. The van der Waals surface area contributed by atoms with E-state index in [1.165, 1.54) is 25.1 Å². The molecule has 1 atom stereocenters. The molecule has 0 aromatic heterocycles. The highest BCUT2D eigenvalue weighted by Crippen LogP contribution is 2.23. The van der Waals surface area contributed by atoms with Gasteiger partial charge < -0.3 is 5.11 Å². The molecule has 0 saturated heterocycles. The van der Waals surface area contributed by atoms with Gasteiger partial charge in [0.25, 0.3) is 0 Å². The summed E-state index contributed by atoms with van der Waals surface area (Å²) in [7, 11) is -3.87. The maximum absolute atomic E-state index is 13.5. The molecule has 0 unspecified atom stereocenters. The number of halogens is 1. The van der Waals surface area contributed by atoms with Crippen LogP contribution in [0.15, 0.2) is 24.3 Å². The van der Waals surface area contributed by atoms with E-state index in [2.05, 4.69) is 0 Å². The number of benzene rings is 1. The number of para-hydroxylation sites is 1. The van der Waals surface area contributed by atoms with E-state index in [-0.39, 0.29) is 5.69 Å². The number of carbonyl (C=O) groups is 1. The summed E-state index contributed by atoms with van der Waals surface area (Å²) in [6.45, 7) is 1.18. The lowest BCUT2D eigenvalue weighted by molar-refractivity contribution is -0.137. The molecule has 1 rings (SSSR count). The minimum atomic E-state index is -3.87. The van der Waals surface area contributed by atoms with Crippen molar-refractivity contribution in [2.45, 2.75) is 13.0 Å². The van der Waals surface area contributed by atoms with E-state index in [1.807, 2.05) is 0 Å². The summed E-state index contributed by atoms with van der Waals surface area (Å²) >= 11 is 0. The van der Waals surface area contributed by atoms with E-state index in [4.69, 9.17) is 5.11 Å². The molecule has 0 heterocycles. The van der Waals surface area contributed by atoms with Gasteiger partial charge in [-0.15, -0.1) is 0 Å². The van der Waals surface area contributed by atoms with Crippen LogP contribution < -0.4 is 4.31 Å². The number of anilines is 1. The number of aliphatic carboxylic acids is 1. The van der Waals surface area contributed by atoms with Crippen LogP contribution in [0.1, 0.15) is 6.92 Å². The lowest BCUT2D eigenvalue weighted by atomic mass is 10.2. The molecule has 0 aliphatic heterocycles. The molecule has 0 bridgehead atoms. The van der Waals surface area contributed by atoms with Gasteiger partial charge in [-0.3, -0.25) is 4.31 Å². The maximum Gasteiger partial charge on any atom is 0.327 e. The van der Waals surface area contributed by atoms with E-state index >= 15 is 0 Å². The zero-order valence-electron chi connectivity index (χ0n) is 9.29. The highest BCUT2D eigenvalue weighted by atomic mass is 32.2. The molecule has 0 aliphatic carbocycles. The number of carboxylic acids is 1. The fourth-order valence-electron chi connectivity index (χ4n) is 1.41. The zero-order chi connectivity index (χ0) is 13.2. The molecule has 17 heavy (non-hydrogen) atoms. The van der Waals surface area contributed by atoms with Crippen molar-refractivity contribution in [3.05, 3.63) is 30.1 Å². The summed E-state index contributed by atoms with van der Waals surface area (Å²) in [4.78, 5) is 10.8. The van der Waals surface area contributed by atoms with Crippen LogP contribution in [0.2, 0.25) is 0 Å². The van der Waals surface area contributed by atoms with Crippen LogP contribution in [0.3, 0.4) is 0 Å². The topological polar surface area (TPSA) is 74.7 Å². The molecule has 0 radical (unpaired) electrons. The summed E-state index contributed by atoms with van der Waals surface area (Å²) < 4.78 is 37.1. The van der Waals surface area contributed by atoms with Crippen LogP contribution >= 0.6 is 0 Å². The van der Waals surface area contributed by atoms with Gasteiger partial charge in [0.1, 0.15) is 11.9 Å². The molecule has 7 heteroatoms. The molecule has 0 saturated carbocycles. The Hall–Kier alpha value is -1.63. The first kappa shape index (κ1) is 13.4. The summed E-state index contributed by atoms with van der Waals surface area (Å²) in [6.07, 6.45) is 0.832. The van der Waals surface area contributed by atoms with E-state index in [1.54, 1.807) is 0 Å². The van der Waals surface area contributed by atoms with Gasteiger partial charge in [-0.05, 0) is 19.1 Å². The normalized spacial score (nSPS) is 13.1. The minimum Gasteiger partial charge on any atom is -0.480 e. The van der Waals surface area contributed by atoms with Gasteiger partial charge in [0, 0.05) is 0 Å². The zero-order valence-corrected chi connectivity index (χ0v) is 10.1. The van der Waals surface area contributed by atoms with E-state index in [9.17, 15) is 17.6 Å². The average molecular weight is 261 g/mol. The van der Waals surface area contributed by atoms with Crippen molar-refractivity contribution < 1.29 is 22.7 Å². The molecule has 1 N–H and O–H groups in total. The Morgan fingerprint density at radius 1 is 1.41 bits per heavy atom. The van der Waals surface area contributed by atoms with Crippen molar-refractivity contribution in [3.8, 4) is 0 Å². The highest BCUT2D eigenvalue weighted by Gasteiger charge is 2.30. The lowest BCUT2D eigenvalue weighted by Gasteiger charge is -2.26. The average Bonchev–Trinajstić information content (AvgIpc) is 2.19. The fraction of sp³-hybridized carbons (Fsp3) is 0.300. The molecule has 94 valence electrons. The number of nitrogens with zero attached hydrogens (tertiary/aromatic N) is 1.